The highest BCUT2D eigenvalue weighted by molar-refractivity contribution is 5.90. The van der Waals surface area contributed by atoms with Crippen molar-refractivity contribution in [3.05, 3.63) is 75.5 Å². The summed E-state index contributed by atoms with van der Waals surface area (Å²) in [5.74, 6) is 0. The number of nitro benzene ring substituents is 1. The van der Waals surface area contributed by atoms with Crippen LogP contribution < -0.4 is 0 Å². The Bertz CT molecular complexity index is 905. The Kier molecular flexibility index (Phi) is 3.36. The lowest BCUT2D eigenvalue weighted by Gasteiger charge is -2.08. The summed E-state index contributed by atoms with van der Waals surface area (Å²) in [5, 5.41) is 21.0. The van der Waals surface area contributed by atoms with E-state index in [1.807, 2.05) is 41.8 Å². The van der Waals surface area contributed by atoms with E-state index < -0.39 is 4.92 Å². The summed E-state index contributed by atoms with van der Waals surface area (Å²) in [7, 11) is 0. The van der Waals surface area contributed by atoms with Crippen LogP contribution in [0.1, 0.15) is 16.8 Å². The molecule has 22 heavy (non-hydrogen) atoms. The van der Waals surface area contributed by atoms with Gasteiger partial charge in [-0.05, 0) is 18.6 Å². The number of rotatable bonds is 3. The third kappa shape index (κ3) is 2.21. The highest BCUT2D eigenvalue weighted by Gasteiger charge is 2.17. The van der Waals surface area contributed by atoms with E-state index in [0.29, 0.717) is 17.5 Å². The molecule has 0 saturated carbocycles. The highest BCUT2D eigenvalue weighted by atomic mass is 16.6. The lowest BCUT2D eigenvalue weighted by atomic mass is 10.1. The van der Waals surface area contributed by atoms with Crippen LogP contribution in [-0.2, 0) is 6.54 Å². The van der Waals surface area contributed by atoms with Crippen LogP contribution in [0.25, 0.3) is 10.9 Å². The molecule has 0 amide bonds. The van der Waals surface area contributed by atoms with E-state index >= 15 is 0 Å². The van der Waals surface area contributed by atoms with Crippen LogP contribution in [0.15, 0.2) is 48.5 Å². The van der Waals surface area contributed by atoms with E-state index in [0.717, 1.165) is 16.8 Å². The molecule has 0 unspecified atom stereocenters. The van der Waals surface area contributed by atoms with Crippen LogP contribution in [0.3, 0.4) is 0 Å². The van der Waals surface area contributed by atoms with Gasteiger partial charge in [0.05, 0.1) is 16.0 Å². The highest BCUT2D eigenvalue weighted by Crippen LogP contribution is 2.29. The number of non-ortho nitro benzene ring substituents is 1. The smallest absolute Gasteiger partial charge is 0.270 e. The quantitative estimate of drug-likeness (QED) is 0.544. The molecule has 3 rings (SSSR count). The number of benzene rings is 2. The molecule has 108 valence electrons. The fourth-order valence-electron chi connectivity index (χ4n) is 2.69. The largest absolute Gasteiger partial charge is 0.339 e. The van der Waals surface area contributed by atoms with Gasteiger partial charge in [-0.15, -0.1) is 0 Å². The lowest BCUT2D eigenvalue weighted by Crippen LogP contribution is -2.01. The van der Waals surface area contributed by atoms with Crippen molar-refractivity contribution in [1.29, 1.82) is 5.26 Å². The predicted octanol–water partition coefficient (Wildman–Crippen LogP) is 3.78. The summed E-state index contributed by atoms with van der Waals surface area (Å²) in [6.07, 6.45) is 0. The van der Waals surface area contributed by atoms with Crippen LogP contribution in [0, 0.1) is 28.4 Å². The second-order valence-corrected chi connectivity index (χ2v) is 5.10. The van der Waals surface area contributed by atoms with E-state index in [-0.39, 0.29) is 5.69 Å². The molecule has 0 aliphatic rings. The van der Waals surface area contributed by atoms with Gasteiger partial charge in [-0.25, -0.2) is 0 Å². The van der Waals surface area contributed by atoms with Gasteiger partial charge in [0.2, 0.25) is 0 Å². The Balaban J connectivity index is 2.21. The molecule has 5 heteroatoms. The normalized spacial score (nSPS) is 10.5. The van der Waals surface area contributed by atoms with Crippen molar-refractivity contribution in [2.45, 2.75) is 13.5 Å². The lowest BCUT2D eigenvalue weighted by molar-refractivity contribution is -0.384. The van der Waals surface area contributed by atoms with Gasteiger partial charge in [0.1, 0.15) is 6.07 Å². The molecule has 0 spiro atoms. The minimum atomic E-state index is -0.440. The topological polar surface area (TPSA) is 71.9 Å². The molecule has 0 aliphatic carbocycles. The monoisotopic (exact) mass is 291 g/mol. The first-order valence-corrected chi connectivity index (χ1v) is 6.83. The molecule has 1 aromatic heterocycles. The van der Waals surface area contributed by atoms with E-state index in [9.17, 15) is 15.4 Å². The summed E-state index contributed by atoms with van der Waals surface area (Å²) in [6.45, 7) is 2.50. The molecular formula is C17H13N3O2. The van der Waals surface area contributed by atoms with Gasteiger partial charge in [0, 0.05) is 29.8 Å². The van der Waals surface area contributed by atoms with Crippen molar-refractivity contribution in [1.82, 2.24) is 4.57 Å². The Hall–Kier alpha value is -3.13. The van der Waals surface area contributed by atoms with E-state index in [2.05, 4.69) is 6.07 Å². The zero-order chi connectivity index (χ0) is 15.7. The van der Waals surface area contributed by atoms with E-state index in [4.69, 9.17) is 0 Å². The molecule has 0 bridgehead atoms. The average molecular weight is 291 g/mol. The van der Waals surface area contributed by atoms with Crippen molar-refractivity contribution >= 4 is 16.6 Å². The van der Waals surface area contributed by atoms with Crippen molar-refractivity contribution in [2.75, 3.05) is 0 Å². The van der Waals surface area contributed by atoms with Gasteiger partial charge in [-0.2, -0.15) is 5.26 Å². The minimum absolute atomic E-state index is 0.000797. The molecule has 0 N–H and O–H groups in total. The molecule has 0 radical (unpaired) electrons. The number of nitriles is 1. The molecule has 0 atom stereocenters. The minimum Gasteiger partial charge on any atom is -0.339 e. The molecule has 0 saturated heterocycles. The third-order valence-corrected chi connectivity index (χ3v) is 3.81. The standard InChI is InChI=1S/C17H13N3O2/c1-12-16(10-18)15-9-14(20(21)22)7-8-17(15)19(12)11-13-5-3-2-4-6-13/h2-9H,11H2,1H3. The van der Waals surface area contributed by atoms with Gasteiger partial charge >= 0.3 is 0 Å². The first-order valence-electron chi connectivity index (χ1n) is 6.83. The maximum atomic E-state index is 10.9. The number of hydrogen-bond acceptors (Lipinski definition) is 3. The Morgan fingerprint density at radius 2 is 1.95 bits per heavy atom. The van der Waals surface area contributed by atoms with E-state index in [1.54, 1.807) is 6.07 Å². The molecule has 0 aliphatic heterocycles. The first kappa shape index (κ1) is 13.8. The summed E-state index contributed by atoms with van der Waals surface area (Å²) in [6, 6.07) is 16.7. The summed E-state index contributed by atoms with van der Waals surface area (Å²) < 4.78 is 2.02. The second-order valence-electron chi connectivity index (χ2n) is 5.10. The predicted molar refractivity (Wildman–Crippen MR) is 83.6 cm³/mol. The van der Waals surface area contributed by atoms with Gasteiger partial charge in [-0.3, -0.25) is 10.1 Å². The maximum absolute atomic E-state index is 10.9. The van der Waals surface area contributed by atoms with Crippen LogP contribution >= 0.6 is 0 Å². The molecule has 2 aromatic carbocycles. The zero-order valence-corrected chi connectivity index (χ0v) is 12.0. The molecule has 0 fully saturated rings. The summed E-state index contributed by atoms with van der Waals surface area (Å²) in [4.78, 5) is 10.5. The Morgan fingerprint density at radius 3 is 2.59 bits per heavy atom. The fourth-order valence-corrected chi connectivity index (χ4v) is 2.69. The van der Waals surface area contributed by atoms with Crippen molar-refractivity contribution in [3.8, 4) is 6.07 Å². The van der Waals surface area contributed by atoms with Crippen LogP contribution in [0.2, 0.25) is 0 Å². The second kappa shape index (κ2) is 5.34. The van der Waals surface area contributed by atoms with Gasteiger partial charge < -0.3 is 4.57 Å². The average Bonchev–Trinajstić information content (AvgIpc) is 2.79. The maximum Gasteiger partial charge on any atom is 0.270 e. The first-order chi connectivity index (χ1) is 10.6. The van der Waals surface area contributed by atoms with Crippen LogP contribution in [0.4, 0.5) is 5.69 Å². The van der Waals surface area contributed by atoms with Crippen LogP contribution in [-0.4, -0.2) is 9.49 Å². The number of hydrogen-bond donors (Lipinski definition) is 0. The number of fused-ring (bicyclic) bond motifs is 1. The van der Waals surface area contributed by atoms with Crippen LogP contribution in [0.5, 0.6) is 0 Å². The van der Waals surface area contributed by atoms with Gasteiger partial charge in [0.25, 0.3) is 5.69 Å². The SMILES string of the molecule is Cc1c(C#N)c2cc([N+](=O)[O-])ccc2n1Cc1ccccc1. The summed E-state index contributed by atoms with van der Waals surface area (Å²) in [5.41, 5.74) is 3.27. The van der Waals surface area contributed by atoms with Crippen molar-refractivity contribution in [2.24, 2.45) is 0 Å². The molecule has 5 nitrogen and oxygen atoms in total. The Labute approximate surface area is 127 Å². The molecule has 3 aromatic rings. The molecule has 1 heterocycles. The van der Waals surface area contributed by atoms with Gasteiger partial charge in [0.15, 0.2) is 0 Å². The number of nitrogens with zero attached hydrogens (tertiary/aromatic N) is 3. The zero-order valence-electron chi connectivity index (χ0n) is 12.0. The van der Waals surface area contributed by atoms with E-state index in [1.165, 1.54) is 12.1 Å². The Morgan fingerprint density at radius 1 is 1.23 bits per heavy atom. The van der Waals surface area contributed by atoms with Crippen molar-refractivity contribution < 1.29 is 4.92 Å². The third-order valence-electron chi connectivity index (χ3n) is 3.81. The fraction of sp³-hybridized carbons (Fsp3) is 0.118. The number of nitro groups is 1. The van der Waals surface area contributed by atoms with Gasteiger partial charge in [-0.1, -0.05) is 30.3 Å². The number of aromatic nitrogens is 1. The summed E-state index contributed by atoms with van der Waals surface area (Å²) >= 11 is 0. The van der Waals surface area contributed by atoms with Crippen molar-refractivity contribution in [3.63, 3.8) is 0 Å². The molecular weight excluding hydrogens is 278 g/mol.